The van der Waals surface area contributed by atoms with Crippen LogP contribution < -0.4 is 0 Å². The van der Waals surface area contributed by atoms with E-state index in [1.54, 1.807) is 18.2 Å². The minimum Gasteiger partial charge on any atom is -0.481 e. The largest absolute Gasteiger partial charge is 0.481 e. The maximum absolute atomic E-state index is 11.9. The number of carboxylic acid groups (broad SMARTS) is 1. The van der Waals surface area contributed by atoms with Crippen LogP contribution in [0.1, 0.15) is 15.9 Å². The number of esters is 1. The van der Waals surface area contributed by atoms with Gasteiger partial charge in [-0.05, 0) is 64.6 Å². The van der Waals surface area contributed by atoms with Crippen molar-refractivity contribution in [2.75, 3.05) is 7.11 Å². The number of aliphatic carboxylic acids is 1. The first-order valence-corrected chi connectivity index (χ1v) is 8.25. The van der Waals surface area contributed by atoms with Crippen LogP contribution in [0, 0.1) is 3.57 Å². The Hall–Kier alpha value is -1.54. The summed E-state index contributed by atoms with van der Waals surface area (Å²) in [5, 5.41) is 8.86. The first-order chi connectivity index (χ1) is 10.5. The molecule has 0 amide bonds. The lowest BCUT2D eigenvalue weighted by molar-refractivity contribution is -0.136. The Balaban J connectivity index is 2.34. The van der Waals surface area contributed by atoms with Gasteiger partial charge in [0, 0.05) is 13.4 Å². The fraction of sp³-hybridized carbons (Fsp3) is 0.125. The molecule has 0 unspecified atom stereocenters. The molecule has 0 aliphatic heterocycles. The van der Waals surface area contributed by atoms with E-state index in [2.05, 4.69) is 22.6 Å². The number of benzene rings is 2. The molecule has 0 saturated carbocycles. The van der Waals surface area contributed by atoms with Crippen LogP contribution in [0.15, 0.2) is 52.3 Å². The molecule has 2 aromatic carbocycles. The molecule has 6 heteroatoms. The summed E-state index contributed by atoms with van der Waals surface area (Å²) in [7, 11) is 1.31. The fourth-order valence-electron chi connectivity index (χ4n) is 1.85. The van der Waals surface area contributed by atoms with Crippen LogP contribution in [-0.4, -0.2) is 24.2 Å². The van der Waals surface area contributed by atoms with Gasteiger partial charge in [0.1, 0.15) is 0 Å². The SMILES string of the molecule is COC(=O)c1cc(CC(=O)O)ccc1Sc1ccc(I)cc1. The van der Waals surface area contributed by atoms with Crippen LogP contribution in [0.2, 0.25) is 0 Å². The summed E-state index contributed by atoms with van der Waals surface area (Å²) >= 11 is 3.67. The number of rotatable bonds is 5. The van der Waals surface area contributed by atoms with Gasteiger partial charge in [0.25, 0.3) is 0 Å². The molecule has 0 bridgehead atoms. The molecule has 0 spiro atoms. The highest BCUT2D eigenvalue weighted by Crippen LogP contribution is 2.32. The summed E-state index contributed by atoms with van der Waals surface area (Å²) in [5.74, 6) is -1.41. The standard InChI is InChI=1S/C16H13IO4S/c1-21-16(20)13-8-10(9-15(18)19)2-7-14(13)22-12-5-3-11(17)4-6-12/h2-8H,9H2,1H3,(H,18,19). The van der Waals surface area contributed by atoms with Crippen molar-refractivity contribution in [3.05, 3.63) is 57.2 Å². The maximum Gasteiger partial charge on any atom is 0.339 e. The third-order valence-corrected chi connectivity index (χ3v) is 4.65. The second-order valence-corrected chi connectivity index (χ2v) is 6.81. The fourth-order valence-corrected chi connectivity index (χ4v) is 3.12. The molecule has 22 heavy (non-hydrogen) atoms. The molecule has 114 valence electrons. The van der Waals surface area contributed by atoms with Gasteiger partial charge in [0.15, 0.2) is 0 Å². The quantitative estimate of drug-likeness (QED) is 0.579. The number of halogens is 1. The van der Waals surface area contributed by atoms with Gasteiger partial charge < -0.3 is 9.84 Å². The van der Waals surface area contributed by atoms with Crippen LogP contribution in [0.4, 0.5) is 0 Å². The minimum atomic E-state index is -0.936. The lowest BCUT2D eigenvalue weighted by Gasteiger charge is -2.09. The summed E-state index contributed by atoms with van der Waals surface area (Å²) in [6, 6.07) is 13.0. The first-order valence-electron chi connectivity index (χ1n) is 6.36. The van der Waals surface area contributed by atoms with Crippen LogP contribution in [0.25, 0.3) is 0 Å². The molecule has 1 N–H and O–H groups in total. The van der Waals surface area contributed by atoms with E-state index in [4.69, 9.17) is 9.84 Å². The lowest BCUT2D eigenvalue weighted by Crippen LogP contribution is -2.06. The molecule has 0 radical (unpaired) electrons. The van der Waals surface area contributed by atoms with Gasteiger partial charge in [-0.2, -0.15) is 0 Å². The highest BCUT2D eigenvalue weighted by Gasteiger charge is 2.15. The molecule has 2 rings (SSSR count). The molecule has 0 fully saturated rings. The zero-order valence-electron chi connectivity index (χ0n) is 11.7. The van der Waals surface area contributed by atoms with Crippen LogP contribution in [-0.2, 0) is 16.0 Å². The number of carbonyl (C=O) groups is 2. The molecule has 2 aromatic rings. The summed E-state index contributed by atoms with van der Waals surface area (Å²) in [5.41, 5.74) is 0.949. The molecule has 0 saturated heterocycles. The predicted molar refractivity (Wildman–Crippen MR) is 92.4 cm³/mol. The average molecular weight is 428 g/mol. The maximum atomic E-state index is 11.9. The van der Waals surface area contributed by atoms with Gasteiger partial charge in [0.05, 0.1) is 19.1 Å². The average Bonchev–Trinajstić information content (AvgIpc) is 2.49. The zero-order valence-corrected chi connectivity index (χ0v) is 14.7. The van der Waals surface area contributed by atoms with Crippen LogP contribution in [0.3, 0.4) is 0 Å². The van der Waals surface area contributed by atoms with E-state index in [1.165, 1.54) is 18.9 Å². The van der Waals surface area contributed by atoms with Crippen LogP contribution in [0.5, 0.6) is 0 Å². The van der Waals surface area contributed by atoms with E-state index >= 15 is 0 Å². The molecule has 0 aromatic heterocycles. The Morgan fingerprint density at radius 2 is 1.86 bits per heavy atom. The Labute approximate surface area is 146 Å². The Kier molecular flexibility index (Phi) is 5.84. The molecule has 0 heterocycles. The van der Waals surface area contributed by atoms with E-state index in [0.717, 1.165) is 13.4 Å². The van der Waals surface area contributed by atoms with E-state index in [0.29, 0.717) is 11.1 Å². The molecular formula is C16H13IO4S. The van der Waals surface area contributed by atoms with Crippen molar-refractivity contribution in [1.82, 2.24) is 0 Å². The van der Waals surface area contributed by atoms with Gasteiger partial charge in [-0.1, -0.05) is 17.8 Å². The summed E-state index contributed by atoms with van der Waals surface area (Å²) in [6.45, 7) is 0. The van der Waals surface area contributed by atoms with Gasteiger partial charge in [-0.15, -0.1) is 0 Å². The number of hydrogen-bond donors (Lipinski definition) is 1. The van der Waals surface area contributed by atoms with E-state index in [1.807, 2.05) is 24.3 Å². The summed E-state index contributed by atoms with van der Waals surface area (Å²) < 4.78 is 5.92. The normalized spacial score (nSPS) is 10.3. The highest BCUT2D eigenvalue weighted by molar-refractivity contribution is 14.1. The van der Waals surface area contributed by atoms with E-state index in [-0.39, 0.29) is 6.42 Å². The van der Waals surface area contributed by atoms with Crippen molar-refractivity contribution in [2.24, 2.45) is 0 Å². The first kappa shape index (κ1) is 16.8. The second-order valence-electron chi connectivity index (χ2n) is 4.45. The number of hydrogen-bond acceptors (Lipinski definition) is 4. The third kappa shape index (κ3) is 4.48. The molecule has 0 aliphatic carbocycles. The summed E-state index contributed by atoms with van der Waals surface area (Å²) in [4.78, 5) is 24.5. The Morgan fingerprint density at radius 1 is 1.18 bits per heavy atom. The van der Waals surface area contributed by atoms with Gasteiger partial charge in [0.2, 0.25) is 0 Å². The molecule has 4 nitrogen and oxygen atoms in total. The Morgan fingerprint density at radius 3 is 2.45 bits per heavy atom. The van der Waals surface area contributed by atoms with Crippen molar-refractivity contribution in [1.29, 1.82) is 0 Å². The van der Waals surface area contributed by atoms with Crippen molar-refractivity contribution in [3.8, 4) is 0 Å². The molecule has 0 atom stereocenters. The monoisotopic (exact) mass is 428 g/mol. The summed E-state index contributed by atoms with van der Waals surface area (Å²) in [6.07, 6.45) is -0.127. The third-order valence-electron chi connectivity index (χ3n) is 2.85. The van der Waals surface area contributed by atoms with Crippen molar-refractivity contribution in [3.63, 3.8) is 0 Å². The van der Waals surface area contributed by atoms with Crippen LogP contribution >= 0.6 is 34.4 Å². The van der Waals surface area contributed by atoms with Gasteiger partial charge >= 0.3 is 11.9 Å². The number of carboxylic acids is 1. The number of methoxy groups -OCH3 is 1. The number of carbonyl (C=O) groups excluding carboxylic acids is 1. The zero-order chi connectivity index (χ0) is 16.1. The minimum absolute atomic E-state index is 0.127. The molecule has 0 aliphatic rings. The van der Waals surface area contributed by atoms with E-state index < -0.39 is 11.9 Å². The Bertz CT molecular complexity index is 698. The lowest BCUT2D eigenvalue weighted by atomic mass is 10.1. The smallest absolute Gasteiger partial charge is 0.339 e. The van der Waals surface area contributed by atoms with Crippen molar-refractivity contribution in [2.45, 2.75) is 16.2 Å². The van der Waals surface area contributed by atoms with Crippen molar-refractivity contribution < 1.29 is 19.4 Å². The van der Waals surface area contributed by atoms with Gasteiger partial charge in [-0.25, -0.2) is 4.79 Å². The highest BCUT2D eigenvalue weighted by atomic mass is 127. The second kappa shape index (κ2) is 7.64. The number of ether oxygens (including phenoxy) is 1. The van der Waals surface area contributed by atoms with E-state index in [9.17, 15) is 9.59 Å². The van der Waals surface area contributed by atoms with Crippen molar-refractivity contribution >= 4 is 46.3 Å². The topological polar surface area (TPSA) is 63.6 Å². The molecular weight excluding hydrogens is 415 g/mol. The van der Waals surface area contributed by atoms with Gasteiger partial charge in [-0.3, -0.25) is 4.79 Å². The predicted octanol–water partition coefficient (Wildman–Crippen LogP) is 3.86.